The molecule has 0 aliphatic heterocycles. The van der Waals surface area contributed by atoms with Crippen molar-refractivity contribution >= 4 is 20.9 Å². The number of hydrogen-bond acceptors (Lipinski definition) is 4. The van der Waals surface area contributed by atoms with Gasteiger partial charge in [-0.1, -0.05) is 24.3 Å². The molecule has 0 radical (unpaired) electrons. The Labute approximate surface area is 162 Å². The van der Waals surface area contributed by atoms with Gasteiger partial charge in [-0.3, -0.25) is 4.79 Å². The zero-order valence-electron chi connectivity index (χ0n) is 15.4. The second kappa shape index (κ2) is 8.22. The number of aliphatic hydroxyl groups is 1. The van der Waals surface area contributed by atoms with E-state index in [-0.39, 0.29) is 42.1 Å². The van der Waals surface area contributed by atoms with Crippen molar-refractivity contribution in [2.24, 2.45) is 0 Å². The van der Waals surface area contributed by atoms with Crippen LogP contribution in [-0.4, -0.2) is 36.0 Å². The first-order valence-corrected chi connectivity index (χ1v) is 10.2. The van der Waals surface area contributed by atoms with Crippen LogP contribution in [0.2, 0.25) is 0 Å². The van der Waals surface area contributed by atoms with E-state index < -0.39 is 15.8 Å². The number of sulfonamides is 1. The molecule has 0 saturated carbocycles. The van der Waals surface area contributed by atoms with Crippen LogP contribution in [0.15, 0.2) is 58.2 Å². The second-order valence-electron chi connectivity index (χ2n) is 6.54. The number of rotatable bonds is 7. The fraction of sp³-hybridized carbons (Fsp3) is 0.250. The number of H-pyrrole nitrogens is 1. The first-order valence-electron chi connectivity index (χ1n) is 8.81. The van der Waals surface area contributed by atoms with Gasteiger partial charge in [-0.2, -0.15) is 4.31 Å². The number of halogens is 1. The van der Waals surface area contributed by atoms with Gasteiger partial charge in [-0.15, -0.1) is 0 Å². The number of nitrogens with one attached hydrogen (secondary N) is 1. The number of aromatic nitrogens is 1. The van der Waals surface area contributed by atoms with E-state index in [0.29, 0.717) is 5.52 Å². The van der Waals surface area contributed by atoms with E-state index in [1.807, 2.05) is 25.1 Å². The Morgan fingerprint density at radius 1 is 1.14 bits per heavy atom. The number of fused-ring (bicyclic) bond motifs is 1. The summed E-state index contributed by atoms with van der Waals surface area (Å²) in [6.07, 6.45) is 0.194. The third-order valence-corrected chi connectivity index (χ3v) is 6.35. The maximum absolute atomic E-state index is 13.5. The Kier molecular flexibility index (Phi) is 5.93. The van der Waals surface area contributed by atoms with Gasteiger partial charge in [0.25, 0.3) is 5.56 Å². The SMILES string of the molecule is Cc1cccc2cc(CN(CCCO)S(=O)(=O)c3cccc(F)c3)c(=O)[nH]c12. The topological polar surface area (TPSA) is 90.5 Å². The molecule has 0 aliphatic carbocycles. The summed E-state index contributed by atoms with van der Waals surface area (Å²) in [5.74, 6) is -0.665. The number of aromatic amines is 1. The summed E-state index contributed by atoms with van der Waals surface area (Å²) >= 11 is 0. The summed E-state index contributed by atoms with van der Waals surface area (Å²) in [6, 6.07) is 11.9. The average molecular weight is 404 g/mol. The Morgan fingerprint density at radius 2 is 1.89 bits per heavy atom. The molecular formula is C20H21FN2O4S. The van der Waals surface area contributed by atoms with Crippen molar-refractivity contribution in [2.45, 2.75) is 24.8 Å². The molecule has 0 amide bonds. The molecule has 0 spiro atoms. The molecule has 0 bridgehead atoms. The predicted molar refractivity (Wildman–Crippen MR) is 105 cm³/mol. The normalized spacial score (nSPS) is 12.0. The average Bonchev–Trinajstić information content (AvgIpc) is 2.66. The van der Waals surface area contributed by atoms with Crippen LogP contribution in [-0.2, 0) is 16.6 Å². The van der Waals surface area contributed by atoms with Gasteiger partial charge < -0.3 is 10.1 Å². The summed E-state index contributed by atoms with van der Waals surface area (Å²) < 4.78 is 40.6. The van der Waals surface area contributed by atoms with Crippen LogP contribution in [0, 0.1) is 12.7 Å². The van der Waals surface area contributed by atoms with Gasteiger partial charge in [-0.25, -0.2) is 12.8 Å². The van der Waals surface area contributed by atoms with Gasteiger partial charge in [0.2, 0.25) is 10.0 Å². The van der Waals surface area contributed by atoms with E-state index in [1.165, 1.54) is 12.1 Å². The summed E-state index contributed by atoms with van der Waals surface area (Å²) in [4.78, 5) is 15.1. The lowest BCUT2D eigenvalue weighted by atomic mass is 10.1. The smallest absolute Gasteiger partial charge is 0.252 e. The lowest BCUT2D eigenvalue weighted by molar-refractivity contribution is 0.267. The van der Waals surface area contributed by atoms with Crippen molar-refractivity contribution in [3.8, 4) is 0 Å². The van der Waals surface area contributed by atoms with Crippen LogP contribution in [0.3, 0.4) is 0 Å². The molecular weight excluding hydrogens is 383 g/mol. The molecule has 1 aromatic heterocycles. The molecule has 6 nitrogen and oxygen atoms in total. The number of para-hydroxylation sites is 1. The van der Waals surface area contributed by atoms with Crippen molar-refractivity contribution in [1.29, 1.82) is 0 Å². The number of hydrogen-bond donors (Lipinski definition) is 2. The molecule has 1 heterocycles. The quantitative estimate of drug-likeness (QED) is 0.633. The van der Waals surface area contributed by atoms with Crippen molar-refractivity contribution < 1.29 is 17.9 Å². The number of pyridine rings is 1. The lowest BCUT2D eigenvalue weighted by Crippen LogP contribution is -2.34. The summed E-state index contributed by atoms with van der Waals surface area (Å²) in [5, 5.41) is 9.93. The Bertz CT molecular complexity index is 1160. The van der Waals surface area contributed by atoms with Gasteiger partial charge in [-0.05, 0) is 48.6 Å². The third-order valence-electron chi connectivity index (χ3n) is 4.51. The largest absolute Gasteiger partial charge is 0.396 e. The molecule has 2 N–H and O–H groups in total. The van der Waals surface area contributed by atoms with Crippen LogP contribution in [0.4, 0.5) is 4.39 Å². The fourth-order valence-corrected chi connectivity index (χ4v) is 4.53. The highest BCUT2D eigenvalue weighted by atomic mass is 32.2. The zero-order chi connectivity index (χ0) is 20.3. The van der Waals surface area contributed by atoms with E-state index in [1.54, 1.807) is 6.07 Å². The predicted octanol–water partition coefficient (Wildman–Crippen LogP) is 2.55. The van der Waals surface area contributed by atoms with Crippen molar-refractivity contribution in [3.05, 3.63) is 75.8 Å². The molecule has 0 fully saturated rings. The Hall–Kier alpha value is -2.55. The summed E-state index contributed by atoms with van der Waals surface area (Å²) in [7, 11) is -4.04. The number of aryl methyl sites for hydroxylation is 1. The maximum atomic E-state index is 13.5. The minimum atomic E-state index is -4.04. The van der Waals surface area contributed by atoms with Gasteiger partial charge in [0.05, 0.1) is 10.4 Å². The van der Waals surface area contributed by atoms with Crippen LogP contribution < -0.4 is 5.56 Å². The number of aliphatic hydroxyl groups excluding tert-OH is 1. The zero-order valence-corrected chi connectivity index (χ0v) is 16.2. The van der Waals surface area contributed by atoms with Gasteiger partial charge in [0, 0.05) is 25.3 Å². The molecule has 0 saturated heterocycles. The van der Waals surface area contributed by atoms with E-state index in [4.69, 9.17) is 5.11 Å². The molecule has 0 atom stereocenters. The monoisotopic (exact) mass is 404 g/mol. The van der Waals surface area contributed by atoms with Gasteiger partial charge in [0.1, 0.15) is 5.82 Å². The minimum absolute atomic E-state index is 0.000636. The van der Waals surface area contributed by atoms with E-state index in [2.05, 4.69) is 4.98 Å². The van der Waals surface area contributed by atoms with Crippen LogP contribution >= 0.6 is 0 Å². The van der Waals surface area contributed by atoms with Crippen molar-refractivity contribution in [1.82, 2.24) is 9.29 Å². The highest BCUT2D eigenvalue weighted by Gasteiger charge is 2.25. The highest BCUT2D eigenvalue weighted by Crippen LogP contribution is 2.21. The molecule has 8 heteroatoms. The van der Waals surface area contributed by atoms with Crippen LogP contribution in [0.5, 0.6) is 0 Å². The van der Waals surface area contributed by atoms with E-state index >= 15 is 0 Å². The van der Waals surface area contributed by atoms with Crippen molar-refractivity contribution in [2.75, 3.05) is 13.2 Å². The minimum Gasteiger partial charge on any atom is -0.396 e. The van der Waals surface area contributed by atoms with Crippen LogP contribution in [0.1, 0.15) is 17.5 Å². The summed E-state index contributed by atoms with van der Waals surface area (Å²) in [6.45, 7) is 1.49. The molecule has 3 aromatic rings. The number of benzene rings is 2. The number of nitrogens with zero attached hydrogens (tertiary/aromatic N) is 1. The van der Waals surface area contributed by atoms with Crippen LogP contribution in [0.25, 0.3) is 10.9 Å². The molecule has 2 aromatic carbocycles. The van der Waals surface area contributed by atoms with Gasteiger partial charge >= 0.3 is 0 Å². The fourth-order valence-electron chi connectivity index (χ4n) is 3.04. The molecule has 0 unspecified atom stereocenters. The summed E-state index contributed by atoms with van der Waals surface area (Å²) in [5.41, 5.74) is 1.50. The Balaban J connectivity index is 2.03. The third kappa shape index (κ3) is 4.14. The molecule has 0 aliphatic rings. The van der Waals surface area contributed by atoms with E-state index in [0.717, 1.165) is 27.4 Å². The van der Waals surface area contributed by atoms with Gasteiger partial charge in [0.15, 0.2) is 0 Å². The standard InChI is InChI=1S/C20H21FN2O4S/c1-14-5-2-6-15-11-16(20(25)22-19(14)15)13-23(9-4-10-24)28(26,27)18-8-3-7-17(21)12-18/h2-3,5-8,11-12,24H,4,9-10,13H2,1H3,(H,22,25). The molecule has 148 valence electrons. The first kappa shape index (κ1) is 20.2. The second-order valence-corrected chi connectivity index (χ2v) is 8.47. The Morgan fingerprint density at radius 3 is 2.61 bits per heavy atom. The molecule has 3 rings (SSSR count). The van der Waals surface area contributed by atoms with E-state index in [9.17, 15) is 17.6 Å². The first-order chi connectivity index (χ1) is 13.3. The maximum Gasteiger partial charge on any atom is 0.252 e. The molecule has 28 heavy (non-hydrogen) atoms. The van der Waals surface area contributed by atoms with Crippen molar-refractivity contribution in [3.63, 3.8) is 0 Å². The highest BCUT2D eigenvalue weighted by molar-refractivity contribution is 7.89. The lowest BCUT2D eigenvalue weighted by Gasteiger charge is -2.22.